The van der Waals surface area contributed by atoms with Crippen LogP contribution in [0.15, 0.2) is 65.6 Å². The van der Waals surface area contributed by atoms with Crippen molar-refractivity contribution in [1.82, 2.24) is 4.72 Å². The molecule has 0 saturated heterocycles. The van der Waals surface area contributed by atoms with Crippen molar-refractivity contribution in [2.45, 2.75) is 17.6 Å². The molecule has 32 heavy (non-hydrogen) atoms. The zero-order valence-corrected chi connectivity index (χ0v) is 16.9. The van der Waals surface area contributed by atoms with Gasteiger partial charge in [-0.25, -0.2) is 17.5 Å². The fourth-order valence-corrected chi connectivity index (χ4v) is 4.70. The number of fused-ring (bicyclic) bond motifs is 2. The van der Waals surface area contributed by atoms with E-state index in [1.165, 1.54) is 30.3 Å². The molecule has 1 aliphatic carbocycles. The summed E-state index contributed by atoms with van der Waals surface area (Å²) in [7, 11) is -4.49. The van der Waals surface area contributed by atoms with Crippen molar-refractivity contribution in [2.75, 3.05) is 0 Å². The number of alkyl halides is 3. The van der Waals surface area contributed by atoms with Crippen molar-refractivity contribution in [3.63, 3.8) is 0 Å². The van der Waals surface area contributed by atoms with E-state index < -0.39 is 56.2 Å². The van der Waals surface area contributed by atoms with Crippen LogP contribution in [-0.4, -0.2) is 20.0 Å². The van der Waals surface area contributed by atoms with Crippen molar-refractivity contribution < 1.29 is 35.6 Å². The summed E-state index contributed by atoms with van der Waals surface area (Å²) in [6, 6.07) is 11.3. The van der Waals surface area contributed by atoms with Gasteiger partial charge in [-0.1, -0.05) is 36.4 Å². The number of benzene rings is 3. The van der Waals surface area contributed by atoms with Crippen LogP contribution < -0.4 is 4.72 Å². The number of nitrogens with one attached hydrogen (secondary N) is 1. The van der Waals surface area contributed by atoms with E-state index in [1.54, 1.807) is 6.07 Å². The lowest BCUT2D eigenvalue weighted by atomic mass is 9.84. The number of sulfonamides is 1. The first-order valence-electron chi connectivity index (χ1n) is 9.17. The summed E-state index contributed by atoms with van der Waals surface area (Å²) in [4.78, 5) is 25.2. The van der Waals surface area contributed by atoms with Gasteiger partial charge in [0.15, 0.2) is 11.6 Å². The quantitative estimate of drug-likeness (QED) is 0.462. The van der Waals surface area contributed by atoms with Gasteiger partial charge in [-0.2, -0.15) is 13.2 Å². The zero-order chi connectivity index (χ0) is 23.3. The Morgan fingerprint density at radius 3 is 2.09 bits per heavy atom. The second-order valence-corrected chi connectivity index (χ2v) is 8.75. The van der Waals surface area contributed by atoms with Crippen molar-refractivity contribution in [1.29, 1.82) is 0 Å². The maximum absolute atomic E-state index is 14.0. The van der Waals surface area contributed by atoms with Crippen LogP contribution in [0.3, 0.4) is 0 Å². The Hall–Kier alpha value is -3.37. The monoisotopic (exact) mass is 463 g/mol. The summed E-state index contributed by atoms with van der Waals surface area (Å²) < 4.78 is 80.5. The Morgan fingerprint density at radius 2 is 1.44 bits per heavy atom. The average Bonchev–Trinajstić information content (AvgIpc) is 2.75. The lowest BCUT2D eigenvalue weighted by Gasteiger charge is -2.20. The molecule has 1 N–H and O–H groups in total. The van der Waals surface area contributed by atoms with Crippen molar-refractivity contribution in [2.24, 2.45) is 0 Å². The van der Waals surface area contributed by atoms with E-state index in [9.17, 15) is 35.6 Å². The van der Waals surface area contributed by atoms with E-state index >= 15 is 0 Å². The van der Waals surface area contributed by atoms with Gasteiger partial charge in [0.1, 0.15) is 5.82 Å². The summed E-state index contributed by atoms with van der Waals surface area (Å²) >= 11 is 0. The van der Waals surface area contributed by atoms with Gasteiger partial charge in [0.25, 0.3) is 0 Å². The first-order valence-corrected chi connectivity index (χ1v) is 10.7. The number of carbonyl (C=O) groups excluding carboxylic acids is 2. The largest absolute Gasteiger partial charge is 0.416 e. The van der Waals surface area contributed by atoms with Gasteiger partial charge in [-0.3, -0.25) is 9.59 Å². The minimum atomic E-state index is -4.74. The van der Waals surface area contributed by atoms with E-state index in [0.717, 1.165) is 6.07 Å². The van der Waals surface area contributed by atoms with Crippen LogP contribution in [0.5, 0.6) is 0 Å². The summed E-state index contributed by atoms with van der Waals surface area (Å²) in [5.41, 5.74) is -1.94. The minimum absolute atomic E-state index is 0.0385. The summed E-state index contributed by atoms with van der Waals surface area (Å²) in [5.74, 6) is -2.24. The Morgan fingerprint density at radius 1 is 0.812 bits per heavy atom. The van der Waals surface area contributed by atoms with Gasteiger partial charge in [-0.05, 0) is 24.3 Å². The zero-order valence-electron chi connectivity index (χ0n) is 16.0. The van der Waals surface area contributed by atoms with Crippen LogP contribution in [-0.2, 0) is 22.7 Å². The van der Waals surface area contributed by atoms with Crippen molar-refractivity contribution in [3.8, 4) is 0 Å². The molecule has 4 rings (SSSR count). The number of carbonyl (C=O) groups is 2. The molecule has 0 heterocycles. The van der Waals surface area contributed by atoms with Crippen LogP contribution in [0.4, 0.5) is 17.6 Å². The molecule has 0 bridgehead atoms. The molecule has 164 valence electrons. The maximum Gasteiger partial charge on any atom is 0.416 e. The van der Waals surface area contributed by atoms with Gasteiger partial charge in [0, 0.05) is 28.8 Å². The first kappa shape index (κ1) is 21.8. The number of ketones is 2. The van der Waals surface area contributed by atoms with E-state index in [4.69, 9.17) is 0 Å². The third-order valence-electron chi connectivity index (χ3n) is 5.03. The molecular formula is C22H13F4NO4S. The van der Waals surface area contributed by atoms with Gasteiger partial charge in [0.05, 0.1) is 16.0 Å². The molecule has 0 amide bonds. The highest BCUT2D eigenvalue weighted by atomic mass is 32.2. The van der Waals surface area contributed by atoms with E-state index in [0.29, 0.717) is 18.2 Å². The average molecular weight is 463 g/mol. The fraction of sp³-hybridized carbons (Fsp3) is 0.0909. The van der Waals surface area contributed by atoms with Gasteiger partial charge in [0.2, 0.25) is 10.0 Å². The number of halogens is 4. The molecule has 0 saturated carbocycles. The van der Waals surface area contributed by atoms with Crippen LogP contribution >= 0.6 is 0 Å². The topological polar surface area (TPSA) is 80.3 Å². The van der Waals surface area contributed by atoms with Gasteiger partial charge < -0.3 is 0 Å². The molecule has 0 radical (unpaired) electrons. The molecule has 3 aromatic carbocycles. The summed E-state index contributed by atoms with van der Waals surface area (Å²) in [6.45, 7) is -0.791. The third kappa shape index (κ3) is 3.71. The number of hydrogen-bond acceptors (Lipinski definition) is 4. The van der Waals surface area contributed by atoms with Crippen molar-refractivity contribution in [3.05, 3.63) is 99.9 Å². The summed E-state index contributed by atoms with van der Waals surface area (Å²) in [6.07, 6.45) is -4.74. The predicted molar refractivity (Wildman–Crippen MR) is 105 cm³/mol. The molecule has 0 fully saturated rings. The van der Waals surface area contributed by atoms with Crippen LogP contribution in [0.2, 0.25) is 0 Å². The molecule has 3 aromatic rings. The normalized spacial score (nSPS) is 13.6. The Labute approximate surface area is 179 Å². The molecule has 0 spiro atoms. The lowest BCUT2D eigenvalue weighted by molar-refractivity contribution is -0.137. The standard InChI is InChI=1S/C22H13F4NO4S/c23-17-9-8-13(22(24,25)26)10-12(17)11-27-32(30,31)18-7-3-6-16-19(18)21(29)15-5-2-1-4-14(15)20(16)28/h1-10,27H,11H2. The molecule has 5 nitrogen and oxygen atoms in total. The molecule has 0 aliphatic heterocycles. The van der Waals surface area contributed by atoms with E-state index in [2.05, 4.69) is 0 Å². The minimum Gasteiger partial charge on any atom is -0.289 e. The van der Waals surface area contributed by atoms with Crippen molar-refractivity contribution >= 4 is 21.6 Å². The van der Waals surface area contributed by atoms with E-state index in [-0.39, 0.29) is 22.3 Å². The number of hydrogen-bond donors (Lipinski definition) is 1. The first-order chi connectivity index (χ1) is 15.0. The van der Waals surface area contributed by atoms with Crippen LogP contribution in [0, 0.1) is 5.82 Å². The highest BCUT2D eigenvalue weighted by molar-refractivity contribution is 7.89. The summed E-state index contributed by atoms with van der Waals surface area (Å²) in [5, 5.41) is 0. The lowest BCUT2D eigenvalue weighted by Crippen LogP contribution is -2.29. The Bertz CT molecular complexity index is 1380. The van der Waals surface area contributed by atoms with E-state index in [1.807, 2.05) is 4.72 Å². The van der Waals surface area contributed by atoms with Gasteiger partial charge >= 0.3 is 6.18 Å². The number of rotatable bonds is 4. The van der Waals surface area contributed by atoms with Crippen LogP contribution in [0.25, 0.3) is 0 Å². The Kier molecular flexibility index (Phi) is 5.22. The second-order valence-electron chi connectivity index (χ2n) is 7.01. The Balaban J connectivity index is 1.72. The molecule has 0 unspecified atom stereocenters. The molecular weight excluding hydrogens is 450 g/mol. The molecule has 0 atom stereocenters. The molecule has 0 aromatic heterocycles. The predicted octanol–water partition coefficient (Wildman–Crippen LogP) is 4.10. The molecule has 10 heteroatoms. The SMILES string of the molecule is O=C1c2ccccc2C(=O)c2c1cccc2S(=O)(=O)NCc1cc(C(F)(F)F)ccc1F. The fourth-order valence-electron chi connectivity index (χ4n) is 3.47. The second kappa shape index (κ2) is 7.64. The smallest absolute Gasteiger partial charge is 0.289 e. The maximum atomic E-state index is 14.0. The molecule has 1 aliphatic rings. The third-order valence-corrected chi connectivity index (χ3v) is 6.47. The highest BCUT2D eigenvalue weighted by Gasteiger charge is 2.35. The van der Waals surface area contributed by atoms with Crippen LogP contribution in [0.1, 0.15) is 43.0 Å². The highest BCUT2D eigenvalue weighted by Crippen LogP contribution is 2.32. The van der Waals surface area contributed by atoms with Gasteiger partial charge in [-0.15, -0.1) is 0 Å².